The van der Waals surface area contributed by atoms with Crippen LogP contribution in [0, 0.1) is 0 Å². The Kier molecular flexibility index (Phi) is 10.2. The van der Waals surface area contributed by atoms with Gasteiger partial charge in [0.05, 0.1) is 6.54 Å². The van der Waals surface area contributed by atoms with E-state index in [-0.39, 0.29) is 24.6 Å². The molecule has 2 rings (SSSR count). The molecule has 0 heterocycles. The van der Waals surface area contributed by atoms with E-state index < -0.39 is 48.3 Å². The van der Waals surface area contributed by atoms with Gasteiger partial charge in [-0.3, -0.25) is 19.2 Å². The third-order valence-corrected chi connectivity index (χ3v) is 5.25. The Morgan fingerprint density at radius 3 is 2.00 bits per heavy atom. The Balaban J connectivity index is 1.90. The highest BCUT2D eigenvalue weighted by Gasteiger charge is 2.24. The number of nitrogens with one attached hydrogen (secondary N) is 3. The molecule has 0 radical (unpaired) electrons. The van der Waals surface area contributed by atoms with Crippen LogP contribution in [0.4, 0.5) is 5.69 Å². The van der Waals surface area contributed by atoms with E-state index in [9.17, 15) is 24.3 Å². The topological polar surface area (TPSA) is 241 Å². The molecule has 0 saturated heterocycles. The molecule has 0 unspecified atom stereocenters. The minimum atomic E-state index is -1.03. The molecule has 0 aliphatic carbocycles. The van der Waals surface area contributed by atoms with Crippen molar-refractivity contribution in [1.82, 2.24) is 16.0 Å². The van der Waals surface area contributed by atoms with Crippen LogP contribution in [-0.4, -0.2) is 59.4 Å². The molecule has 13 nitrogen and oxygen atoms in total. The summed E-state index contributed by atoms with van der Waals surface area (Å²) >= 11 is 0. The number of nitrogens with zero attached hydrogens (tertiary/aromatic N) is 1. The maximum atomic E-state index is 12.7. The first-order valence-corrected chi connectivity index (χ1v) is 11.3. The largest absolute Gasteiger partial charge is 0.508 e. The minimum Gasteiger partial charge on any atom is -0.508 e. The molecule has 12 N–H and O–H groups in total. The molecular formula is C24H32N8O5. The molecule has 37 heavy (non-hydrogen) atoms. The normalized spacial score (nSPS) is 12.9. The molecule has 0 aliphatic heterocycles. The van der Waals surface area contributed by atoms with Gasteiger partial charge in [-0.25, -0.2) is 4.99 Å². The fourth-order valence-electron chi connectivity index (χ4n) is 3.29. The number of hydrogen-bond donors (Lipinski definition) is 8. The fraction of sp³-hybridized carbons (Fsp3) is 0.292. The van der Waals surface area contributed by atoms with Crippen molar-refractivity contribution in [2.24, 2.45) is 22.2 Å². The SMILES string of the molecule is C[C@@H](NC(=O)[C@H](Cc1ccc(O)cc1)N=C(N)N)C(=O)NCC(=O)N[C@@H](Cc1ccc(N)cc1)C(N)=O. The summed E-state index contributed by atoms with van der Waals surface area (Å²) in [5.41, 5.74) is 23.9. The van der Waals surface area contributed by atoms with Crippen LogP contribution in [0.15, 0.2) is 53.5 Å². The number of phenols is 1. The van der Waals surface area contributed by atoms with Crippen LogP contribution in [-0.2, 0) is 32.0 Å². The summed E-state index contributed by atoms with van der Waals surface area (Å²) in [7, 11) is 0. The molecule has 4 amide bonds. The first-order valence-electron chi connectivity index (χ1n) is 11.3. The van der Waals surface area contributed by atoms with E-state index in [1.165, 1.54) is 19.1 Å². The number of aromatic hydroxyl groups is 1. The van der Waals surface area contributed by atoms with Gasteiger partial charge in [0.2, 0.25) is 23.6 Å². The molecule has 0 fully saturated rings. The molecule has 0 spiro atoms. The number of nitrogen functional groups attached to an aromatic ring is 1. The number of nitrogens with two attached hydrogens (primary N) is 4. The lowest BCUT2D eigenvalue weighted by Crippen LogP contribution is -2.52. The molecule has 0 bridgehead atoms. The van der Waals surface area contributed by atoms with Crippen LogP contribution in [0.2, 0.25) is 0 Å². The number of rotatable bonds is 12. The van der Waals surface area contributed by atoms with Gasteiger partial charge in [-0.15, -0.1) is 0 Å². The number of aliphatic imine (C=N–C) groups is 1. The summed E-state index contributed by atoms with van der Waals surface area (Å²) in [6.45, 7) is 0.973. The second-order valence-corrected chi connectivity index (χ2v) is 8.36. The van der Waals surface area contributed by atoms with Crippen molar-refractivity contribution in [3.63, 3.8) is 0 Å². The minimum absolute atomic E-state index is 0.0633. The smallest absolute Gasteiger partial charge is 0.245 e. The summed E-state index contributed by atoms with van der Waals surface area (Å²) in [5.74, 6) is -2.89. The van der Waals surface area contributed by atoms with Crippen LogP contribution in [0.3, 0.4) is 0 Å². The van der Waals surface area contributed by atoms with Crippen molar-refractivity contribution in [3.8, 4) is 5.75 Å². The quantitative estimate of drug-likeness (QED) is 0.0895. The first-order chi connectivity index (χ1) is 17.4. The van der Waals surface area contributed by atoms with Crippen molar-refractivity contribution in [2.75, 3.05) is 12.3 Å². The Bertz CT molecular complexity index is 1130. The molecule has 2 aromatic rings. The Morgan fingerprint density at radius 1 is 0.865 bits per heavy atom. The van der Waals surface area contributed by atoms with Gasteiger partial charge in [0.15, 0.2) is 5.96 Å². The number of phenolic OH excluding ortho intramolecular Hbond substituents is 1. The Morgan fingerprint density at radius 2 is 1.43 bits per heavy atom. The van der Waals surface area contributed by atoms with Crippen molar-refractivity contribution in [1.29, 1.82) is 0 Å². The summed E-state index contributed by atoms with van der Waals surface area (Å²) in [6, 6.07) is 9.82. The van der Waals surface area contributed by atoms with Crippen molar-refractivity contribution >= 4 is 35.3 Å². The average Bonchev–Trinajstić information content (AvgIpc) is 2.83. The number of carbonyl (C=O) groups excluding carboxylic acids is 4. The molecule has 198 valence electrons. The highest BCUT2D eigenvalue weighted by Crippen LogP contribution is 2.13. The zero-order valence-corrected chi connectivity index (χ0v) is 20.3. The maximum Gasteiger partial charge on any atom is 0.245 e. The second kappa shape index (κ2) is 13.3. The average molecular weight is 513 g/mol. The Hall–Kier alpha value is -4.81. The molecule has 0 aliphatic rings. The lowest BCUT2D eigenvalue weighted by Gasteiger charge is -2.19. The number of benzene rings is 2. The van der Waals surface area contributed by atoms with Gasteiger partial charge in [-0.05, 0) is 42.3 Å². The van der Waals surface area contributed by atoms with Gasteiger partial charge < -0.3 is 44.0 Å². The number of amides is 4. The molecule has 13 heteroatoms. The third-order valence-electron chi connectivity index (χ3n) is 5.25. The fourth-order valence-corrected chi connectivity index (χ4v) is 3.29. The standard InChI is InChI=1S/C24H32N8O5/c1-13(30-23(37)19(32-24(27)28)11-15-4-8-17(33)9-5-15)22(36)29-12-20(34)31-18(21(26)35)10-14-2-6-16(25)7-3-14/h2-9,13,18-19,33H,10-12,25H2,1H3,(H2,26,35)(H,29,36)(H,30,37)(H,31,34)(H4,27,28,32)/t13-,18+,19+/m1/s1. The lowest BCUT2D eigenvalue weighted by molar-refractivity contribution is -0.131. The summed E-state index contributed by atoms with van der Waals surface area (Å²) in [4.78, 5) is 53.2. The van der Waals surface area contributed by atoms with Crippen molar-refractivity contribution < 1.29 is 24.3 Å². The number of primary amides is 1. The summed E-state index contributed by atoms with van der Waals surface area (Å²) in [6.07, 6.45) is 0.262. The molecule has 3 atom stereocenters. The van der Waals surface area contributed by atoms with Crippen molar-refractivity contribution in [3.05, 3.63) is 59.7 Å². The van der Waals surface area contributed by atoms with Gasteiger partial charge in [-0.1, -0.05) is 24.3 Å². The van der Waals surface area contributed by atoms with Gasteiger partial charge in [0, 0.05) is 18.5 Å². The number of hydrogen-bond acceptors (Lipinski definition) is 7. The zero-order chi connectivity index (χ0) is 27.5. The lowest BCUT2D eigenvalue weighted by atomic mass is 10.0. The van der Waals surface area contributed by atoms with E-state index in [1.54, 1.807) is 36.4 Å². The van der Waals surface area contributed by atoms with Crippen molar-refractivity contribution in [2.45, 2.75) is 37.9 Å². The van der Waals surface area contributed by atoms with E-state index in [0.29, 0.717) is 11.3 Å². The third kappa shape index (κ3) is 9.76. The van der Waals surface area contributed by atoms with Crippen LogP contribution >= 0.6 is 0 Å². The number of guanidine groups is 1. The molecular weight excluding hydrogens is 480 g/mol. The molecule has 0 aromatic heterocycles. The monoisotopic (exact) mass is 512 g/mol. The highest BCUT2D eigenvalue weighted by molar-refractivity contribution is 5.93. The van der Waals surface area contributed by atoms with Gasteiger partial charge in [-0.2, -0.15) is 0 Å². The van der Waals surface area contributed by atoms with Crippen LogP contribution < -0.4 is 38.9 Å². The van der Waals surface area contributed by atoms with Crippen LogP contribution in [0.5, 0.6) is 5.75 Å². The van der Waals surface area contributed by atoms with Crippen LogP contribution in [0.25, 0.3) is 0 Å². The zero-order valence-electron chi connectivity index (χ0n) is 20.3. The van der Waals surface area contributed by atoms with E-state index in [0.717, 1.165) is 5.56 Å². The maximum absolute atomic E-state index is 12.7. The molecule has 0 saturated carbocycles. The number of carbonyl (C=O) groups is 4. The van der Waals surface area contributed by atoms with E-state index in [4.69, 9.17) is 22.9 Å². The van der Waals surface area contributed by atoms with Gasteiger partial charge in [0.25, 0.3) is 0 Å². The van der Waals surface area contributed by atoms with E-state index >= 15 is 0 Å². The van der Waals surface area contributed by atoms with E-state index in [1.807, 2.05) is 0 Å². The second-order valence-electron chi connectivity index (χ2n) is 8.36. The van der Waals surface area contributed by atoms with E-state index in [2.05, 4.69) is 20.9 Å². The Labute approximate surface area is 213 Å². The molecule has 2 aromatic carbocycles. The van der Waals surface area contributed by atoms with Gasteiger partial charge in [0.1, 0.15) is 23.9 Å². The predicted molar refractivity (Wildman–Crippen MR) is 138 cm³/mol. The van der Waals surface area contributed by atoms with Crippen LogP contribution in [0.1, 0.15) is 18.1 Å². The summed E-state index contributed by atoms with van der Waals surface area (Å²) < 4.78 is 0. The number of anilines is 1. The summed E-state index contributed by atoms with van der Waals surface area (Å²) in [5, 5.41) is 16.8. The van der Waals surface area contributed by atoms with Gasteiger partial charge >= 0.3 is 0 Å². The highest BCUT2D eigenvalue weighted by atomic mass is 16.3. The predicted octanol–water partition coefficient (Wildman–Crippen LogP) is -2.01. The first kappa shape index (κ1) is 28.4.